The fraction of sp³-hybridized carbons (Fsp3) is 0.947. The molecule has 0 aromatic carbocycles. The van der Waals surface area contributed by atoms with E-state index in [0.717, 1.165) is 5.92 Å². The van der Waals surface area contributed by atoms with E-state index < -0.39 is 0 Å². The van der Waals surface area contributed by atoms with E-state index in [-0.39, 0.29) is 11.6 Å². The first-order valence-corrected chi connectivity index (χ1v) is 8.83. The average Bonchev–Trinajstić information content (AvgIpc) is 2.37. The van der Waals surface area contributed by atoms with E-state index in [1.165, 1.54) is 51.9 Å². The second-order valence-corrected chi connectivity index (χ2v) is 6.72. The van der Waals surface area contributed by atoms with E-state index >= 15 is 0 Å². The second kappa shape index (κ2) is 17.5. The molecule has 0 bridgehead atoms. The minimum Gasteiger partial charge on any atom is -0.460 e. The molecule has 0 aliphatic carbocycles. The molecule has 0 fully saturated rings. The Labute approximate surface area is 135 Å². The van der Waals surface area contributed by atoms with Crippen molar-refractivity contribution in [2.45, 2.75) is 113 Å². The highest BCUT2D eigenvalue weighted by atomic mass is 16.6. The van der Waals surface area contributed by atoms with E-state index in [1.54, 1.807) is 0 Å². The molecule has 0 rings (SSSR count). The Hall–Kier alpha value is -0.530. The lowest BCUT2D eigenvalue weighted by Gasteiger charge is -2.17. The first-order valence-electron chi connectivity index (χ1n) is 8.83. The summed E-state index contributed by atoms with van der Waals surface area (Å²) in [5.74, 6) is 0.731. The summed E-state index contributed by atoms with van der Waals surface area (Å²) < 4.78 is 4.80. The van der Waals surface area contributed by atoms with Gasteiger partial charge in [0.1, 0.15) is 5.60 Å². The molecule has 0 heterocycles. The van der Waals surface area contributed by atoms with Crippen molar-refractivity contribution >= 4 is 5.97 Å². The normalized spacial score (nSPS) is 11.5. The van der Waals surface area contributed by atoms with E-state index in [1.807, 2.05) is 20.8 Å². The van der Waals surface area contributed by atoms with Gasteiger partial charge in [-0.2, -0.15) is 0 Å². The van der Waals surface area contributed by atoms with Crippen molar-refractivity contribution < 1.29 is 9.53 Å². The molecule has 0 aromatic rings. The first-order chi connectivity index (χ1) is 9.64. The van der Waals surface area contributed by atoms with Gasteiger partial charge in [0.15, 0.2) is 0 Å². The number of esters is 1. The van der Waals surface area contributed by atoms with Crippen LogP contribution in [-0.4, -0.2) is 11.6 Å². The van der Waals surface area contributed by atoms with Crippen LogP contribution in [0.25, 0.3) is 0 Å². The highest BCUT2D eigenvalue weighted by Crippen LogP contribution is 2.11. The van der Waals surface area contributed by atoms with Crippen LogP contribution in [0.5, 0.6) is 0 Å². The standard InChI is InChI=1S/C9H20.C6H12O2.C4H10/c1-4-6-7-8-9(3)5-2;1-5(7)8-6(2,3)4;1-3-4-2/h9H,4-8H2,1-3H3;1-4H3;3-4H2,1-2H3. The number of carbonyl (C=O) groups is 1. The molecule has 1 unspecified atom stereocenters. The van der Waals surface area contributed by atoms with Crippen LogP contribution in [0.4, 0.5) is 0 Å². The van der Waals surface area contributed by atoms with E-state index in [9.17, 15) is 4.79 Å². The molecule has 0 spiro atoms. The monoisotopic (exact) mass is 302 g/mol. The molecule has 2 heteroatoms. The third kappa shape index (κ3) is 38.2. The predicted octanol–water partition coefficient (Wildman–Crippen LogP) is 6.77. The maximum atomic E-state index is 10.2. The zero-order valence-electron chi connectivity index (χ0n) is 16.3. The van der Waals surface area contributed by atoms with Crippen LogP contribution in [0, 0.1) is 5.92 Å². The van der Waals surface area contributed by atoms with Crippen LogP contribution in [0.2, 0.25) is 0 Å². The van der Waals surface area contributed by atoms with Crippen molar-refractivity contribution in [3.63, 3.8) is 0 Å². The highest BCUT2D eigenvalue weighted by Gasteiger charge is 2.11. The molecular weight excluding hydrogens is 260 g/mol. The minimum absolute atomic E-state index is 0.225. The Morgan fingerprint density at radius 3 is 1.62 bits per heavy atom. The molecule has 0 saturated heterocycles. The third-order valence-corrected chi connectivity index (χ3v) is 2.95. The Bertz CT molecular complexity index is 202. The molecule has 130 valence electrons. The first kappa shape index (κ1) is 25.4. The van der Waals surface area contributed by atoms with Crippen molar-refractivity contribution in [2.24, 2.45) is 5.92 Å². The zero-order chi connectivity index (χ0) is 17.3. The summed E-state index contributed by atoms with van der Waals surface area (Å²) in [7, 11) is 0. The number of carbonyl (C=O) groups excluding carboxylic acids is 1. The van der Waals surface area contributed by atoms with E-state index in [2.05, 4.69) is 34.6 Å². The Morgan fingerprint density at radius 1 is 0.952 bits per heavy atom. The molecule has 0 aliphatic rings. The van der Waals surface area contributed by atoms with Crippen molar-refractivity contribution in [1.82, 2.24) is 0 Å². The fourth-order valence-electron chi connectivity index (χ4n) is 1.38. The van der Waals surface area contributed by atoms with Crippen molar-refractivity contribution in [3.8, 4) is 0 Å². The molecule has 21 heavy (non-hydrogen) atoms. The molecule has 0 saturated carbocycles. The lowest BCUT2D eigenvalue weighted by Crippen LogP contribution is -2.21. The minimum atomic E-state index is -0.328. The highest BCUT2D eigenvalue weighted by molar-refractivity contribution is 5.66. The summed E-state index contributed by atoms with van der Waals surface area (Å²) in [6.45, 7) is 18.2. The van der Waals surface area contributed by atoms with Gasteiger partial charge >= 0.3 is 5.97 Å². The van der Waals surface area contributed by atoms with Crippen LogP contribution in [0.1, 0.15) is 107 Å². The van der Waals surface area contributed by atoms with Gasteiger partial charge in [-0.3, -0.25) is 4.79 Å². The number of ether oxygens (including phenoxy) is 1. The van der Waals surface area contributed by atoms with Gasteiger partial charge in [-0.1, -0.05) is 79.6 Å². The molecule has 0 aromatic heterocycles. The van der Waals surface area contributed by atoms with Gasteiger partial charge in [0, 0.05) is 6.92 Å². The summed E-state index contributed by atoms with van der Waals surface area (Å²) in [6.07, 6.45) is 9.64. The molecule has 0 radical (unpaired) electrons. The van der Waals surface area contributed by atoms with Gasteiger partial charge in [-0.25, -0.2) is 0 Å². The lowest BCUT2D eigenvalue weighted by atomic mass is 10.0. The Balaban J connectivity index is -0.000000249. The smallest absolute Gasteiger partial charge is 0.303 e. The zero-order valence-corrected chi connectivity index (χ0v) is 16.3. The summed E-state index contributed by atoms with van der Waals surface area (Å²) >= 11 is 0. The van der Waals surface area contributed by atoms with Gasteiger partial charge in [0.25, 0.3) is 0 Å². The average molecular weight is 303 g/mol. The molecular formula is C19H42O2. The molecule has 0 aliphatic heterocycles. The lowest BCUT2D eigenvalue weighted by molar-refractivity contribution is -0.151. The molecule has 0 amide bonds. The number of unbranched alkanes of at least 4 members (excludes halogenated alkanes) is 3. The van der Waals surface area contributed by atoms with Gasteiger partial charge < -0.3 is 4.74 Å². The Kier molecular flexibility index (Phi) is 21.2. The molecule has 2 nitrogen and oxygen atoms in total. The van der Waals surface area contributed by atoms with Crippen molar-refractivity contribution in [1.29, 1.82) is 0 Å². The molecule has 1 atom stereocenters. The summed E-state index contributed by atoms with van der Waals surface area (Å²) in [6, 6.07) is 0. The van der Waals surface area contributed by atoms with Crippen molar-refractivity contribution in [3.05, 3.63) is 0 Å². The van der Waals surface area contributed by atoms with Crippen molar-refractivity contribution in [2.75, 3.05) is 0 Å². The summed E-state index contributed by atoms with van der Waals surface area (Å²) in [4.78, 5) is 10.2. The van der Waals surface area contributed by atoms with Gasteiger partial charge in [0.05, 0.1) is 0 Å². The fourth-order valence-corrected chi connectivity index (χ4v) is 1.38. The van der Waals surface area contributed by atoms with E-state index in [0.29, 0.717) is 0 Å². The van der Waals surface area contributed by atoms with Gasteiger partial charge in [0.2, 0.25) is 0 Å². The van der Waals surface area contributed by atoms with Crippen LogP contribution >= 0.6 is 0 Å². The molecule has 0 N–H and O–H groups in total. The van der Waals surface area contributed by atoms with Gasteiger partial charge in [-0.15, -0.1) is 0 Å². The SMILES string of the molecule is CC(=O)OC(C)(C)C.CCCC.CCCCCC(C)CC. The quantitative estimate of drug-likeness (QED) is 0.400. The Morgan fingerprint density at radius 2 is 1.43 bits per heavy atom. The van der Waals surface area contributed by atoms with E-state index in [4.69, 9.17) is 4.74 Å². The summed E-state index contributed by atoms with van der Waals surface area (Å²) in [5.41, 5.74) is -0.328. The van der Waals surface area contributed by atoms with Crippen LogP contribution < -0.4 is 0 Å². The van der Waals surface area contributed by atoms with Crippen LogP contribution in [-0.2, 0) is 9.53 Å². The maximum Gasteiger partial charge on any atom is 0.303 e. The van der Waals surface area contributed by atoms with Crippen LogP contribution in [0.15, 0.2) is 0 Å². The number of hydrogen-bond donors (Lipinski definition) is 0. The maximum absolute atomic E-state index is 10.2. The number of hydrogen-bond acceptors (Lipinski definition) is 2. The van der Waals surface area contributed by atoms with Crippen LogP contribution in [0.3, 0.4) is 0 Å². The second-order valence-electron chi connectivity index (χ2n) is 6.72. The third-order valence-electron chi connectivity index (χ3n) is 2.95. The topological polar surface area (TPSA) is 26.3 Å². The predicted molar refractivity (Wildman–Crippen MR) is 95.7 cm³/mol. The number of rotatable bonds is 6. The van der Waals surface area contributed by atoms with Gasteiger partial charge in [-0.05, 0) is 26.7 Å². The largest absolute Gasteiger partial charge is 0.460 e. The summed E-state index contributed by atoms with van der Waals surface area (Å²) in [5, 5.41) is 0.